The van der Waals surface area contributed by atoms with E-state index in [9.17, 15) is 4.79 Å². The van der Waals surface area contributed by atoms with Crippen molar-refractivity contribution >= 4 is 22.9 Å². The molecule has 0 N–H and O–H groups in total. The Labute approximate surface area is 155 Å². The number of carbonyl (C=O) groups is 1. The minimum Gasteiger partial charge on any atom is -0.479 e. The lowest BCUT2D eigenvalue weighted by atomic mass is 10.1. The average Bonchev–Trinajstić information content (AvgIpc) is 3.16. The van der Waals surface area contributed by atoms with Crippen molar-refractivity contribution in [2.45, 2.75) is 13.0 Å². The third kappa shape index (κ3) is 2.88. The van der Waals surface area contributed by atoms with Crippen molar-refractivity contribution < 1.29 is 9.53 Å². The Morgan fingerprint density at radius 3 is 2.96 bits per heavy atom. The van der Waals surface area contributed by atoms with Crippen molar-refractivity contribution in [2.24, 2.45) is 0 Å². The summed E-state index contributed by atoms with van der Waals surface area (Å²) in [5.74, 6) is 0.630. The number of carbonyl (C=O) groups excluding carboxylic acids is 1. The van der Waals surface area contributed by atoms with E-state index in [4.69, 9.17) is 9.72 Å². The number of pyridine rings is 1. The predicted molar refractivity (Wildman–Crippen MR) is 103 cm³/mol. The maximum Gasteiger partial charge on any atom is 0.268 e. The van der Waals surface area contributed by atoms with Crippen molar-refractivity contribution in [2.75, 3.05) is 11.4 Å². The summed E-state index contributed by atoms with van der Waals surface area (Å²) in [5.41, 5.74) is 3.38. The molecule has 1 atom stereocenters. The zero-order chi connectivity index (χ0) is 18.1. The van der Waals surface area contributed by atoms with Gasteiger partial charge < -0.3 is 9.64 Å². The molecule has 1 aliphatic rings. The monoisotopic (exact) mass is 363 g/mol. The normalized spacial score (nSPS) is 16.1. The van der Waals surface area contributed by atoms with E-state index in [1.165, 1.54) is 0 Å². The number of nitrogens with zero attached hydrogens (tertiary/aromatic N) is 3. The van der Waals surface area contributed by atoms with Crippen LogP contribution in [0.1, 0.15) is 6.92 Å². The van der Waals surface area contributed by atoms with E-state index >= 15 is 0 Å². The fraction of sp³-hybridized carbons (Fsp3) is 0.150. The molecule has 1 aliphatic heterocycles. The first-order valence-electron chi connectivity index (χ1n) is 8.27. The number of ether oxygens (including phenoxy) is 1. The summed E-state index contributed by atoms with van der Waals surface area (Å²) in [6.07, 6.45) is 2.98. The van der Waals surface area contributed by atoms with Crippen molar-refractivity contribution in [3.05, 3.63) is 60.6 Å². The molecule has 0 aliphatic carbocycles. The third-order valence-electron chi connectivity index (χ3n) is 4.16. The van der Waals surface area contributed by atoms with Gasteiger partial charge in [0.15, 0.2) is 6.10 Å². The zero-order valence-corrected chi connectivity index (χ0v) is 15.1. The summed E-state index contributed by atoms with van der Waals surface area (Å²) < 4.78 is 5.73. The van der Waals surface area contributed by atoms with Gasteiger partial charge in [-0.1, -0.05) is 12.1 Å². The highest BCUT2D eigenvalue weighted by Crippen LogP contribution is 2.38. The van der Waals surface area contributed by atoms with Crippen LogP contribution in [0.2, 0.25) is 0 Å². The van der Waals surface area contributed by atoms with Gasteiger partial charge in [0, 0.05) is 23.7 Å². The molecule has 0 spiro atoms. The Bertz CT molecular complexity index is 968. The fourth-order valence-electron chi connectivity index (χ4n) is 2.90. The van der Waals surface area contributed by atoms with Gasteiger partial charge in [0.05, 0.1) is 17.1 Å². The lowest BCUT2D eigenvalue weighted by molar-refractivity contribution is -0.125. The molecule has 130 valence electrons. The topological polar surface area (TPSA) is 55.3 Å². The quantitative estimate of drug-likeness (QED) is 0.653. The van der Waals surface area contributed by atoms with Gasteiger partial charge in [-0.05, 0) is 37.3 Å². The Morgan fingerprint density at radius 1 is 1.31 bits per heavy atom. The molecular formula is C20H17N3O2S. The first-order chi connectivity index (χ1) is 12.7. The number of fused-ring (bicyclic) bond motifs is 1. The summed E-state index contributed by atoms with van der Waals surface area (Å²) in [6.45, 7) is 5.95. The second-order valence-electron chi connectivity index (χ2n) is 5.93. The first kappa shape index (κ1) is 16.5. The van der Waals surface area contributed by atoms with E-state index in [-0.39, 0.29) is 5.91 Å². The van der Waals surface area contributed by atoms with Gasteiger partial charge in [-0.15, -0.1) is 17.9 Å². The van der Waals surface area contributed by atoms with E-state index in [0.29, 0.717) is 12.3 Å². The first-order valence-corrected chi connectivity index (χ1v) is 9.15. The predicted octanol–water partition coefficient (Wildman–Crippen LogP) is 4.17. The van der Waals surface area contributed by atoms with Crippen LogP contribution < -0.4 is 9.64 Å². The van der Waals surface area contributed by atoms with E-state index in [1.54, 1.807) is 35.4 Å². The lowest BCUT2D eigenvalue weighted by Gasteiger charge is -2.32. The van der Waals surface area contributed by atoms with Crippen LogP contribution in [0.25, 0.3) is 22.0 Å². The molecule has 4 rings (SSSR count). The van der Waals surface area contributed by atoms with Gasteiger partial charge >= 0.3 is 0 Å². The number of anilines is 1. The highest BCUT2D eigenvalue weighted by Gasteiger charge is 2.31. The van der Waals surface area contributed by atoms with Crippen molar-refractivity contribution in [3.8, 4) is 27.7 Å². The molecule has 0 saturated heterocycles. The molecule has 0 bridgehead atoms. The van der Waals surface area contributed by atoms with Gasteiger partial charge in [-0.25, -0.2) is 4.98 Å². The van der Waals surface area contributed by atoms with E-state index < -0.39 is 6.10 Å². The molecule has 26 heavy (non-hydrogen) atoms. The molecule has 6 heteroatoms. The van der Waals surface area contributed by atoms with Gasteiger partial charge in [-0.3, -0.25) is 9.78 Å². The molecule has 3 heterocycles. The molecule has 1 aromatic carbocycles. The van der Waals surface area contributed by atoms with Crippen molar-refractivity contribution in [1.29, 1.82) is 0 Å². The average molecular weight is 363 g/mol. The molecule has 2 aromatic heterocycles. The number of amides is 1. The maximum atomic E-state index is 12.4. The highest BCUT2D eigenvalue weighted by atomic mass is 32.1. The number of rotatable bonds is 4. The van der Waals surface area contributed by atoms with Gasteiger partial charge in [-0.2, -0.15) is 0 Å². The Morgan fingerprint density at radius 2 is 2.19 bits per heavy atom. The molecule has 1 amide bonds. The Kier molecular flexibility index (Phi) is 4.26. The summed E-state index contributed by atoms with van der Waals surface area (Å²) in [4.78, 5) is 23.2. The lowest BCUT2D eigenvalue weighted by Crippen LogP contribution is -2.44. The second kappa shape index (κ2) is 6.72. The van der Waals surface area contributed by atoms with E-state index in [2.05, 4.69) is 11.6 Å². The molecule has 1 unspecified atom stereocenters. The number of hydrogen-bond acceptors (Lipinski definition) is 5. The number of hydrogen-bond donors (Lipinski definition) is 0. The van der Waals surface area contributed by atoms with E-state index in [1.807, 2.05) is 41.8 Å². The molecule has 5 nitrogen and oxygen atoms in total. The van der Waals surface area contributed by atoms with Crippen LogP contribution in [0.15, 0.2) is 60.6 Å². The maximum absolute atomic E-state index is 12.4. The number of thiazole rings is 1. The Balaban J connectivity index is 1.72. The minimum atomic E-state index is -0.497. The highest BCUT2D eigenvalue weighted by molar-refractivity contribution is 7.13. The van der Waals surface area contributed by atoms with Crippen LogP contribution in [-0.2, 0) is 4.79 Å². The summed E-state index contributed by atoms with van der Waals surface area (Å²) >= 11 is 1.55. The van der Waals surface area contributed by atoms with Crippen LogP contribution in [0.3, 0.4) is 0 Å². The van der Waals surface area contributed by atoms with Gasteiger partial charge in [0.1, 0.15) is 10.8 Å². The van der Waals surface area contributed by atoms with Crippen molar-refractivity contribution in [3.63, 3.8) is 0 Å². The molecule has 0 fully saturated rings. The Hall–Kier alpha value is -2.99. The largest absolute Gasteiger partial charge is 0.479 e. The zero-order valence-electron chi connectivity index (χ0n) is 14.3. The van der Waals surface area contributed by atoms with Crippen LogP contribution in [0, 0.1) is 0 Å². The van der Waals surface area contributed by atoms with Gasteiger partial charge in [0.2, 0.25) is 0 Å². The third-order valence-corrected chi connectivity index (χ3v) is 5.03. The number of benzene rings is 1. The minimum absolute atomic E-state index is 0.0676. The standard InChI is InChI=1S/C20H17N3O2S/c1-3-10-23-17-11-14(7-8-18(17)25-13(2)20(23)24)16-12-26-19(22-16)15-6-4-5-9-21-15/h3-9,11-13H,1,10H2,2H3. The van der Waals surface area contributed by atoms with E-state index in [0.717, 1.165) is 27.6 Å². The number of aromatic nitrogens is 2. The summed E-state index contributed by atoms with van der Waals surface area (Å²) in [6, 6.07) is 11.6. The van der Waals surface area contributed by atoms with Crippen molar-refractivity contribution in [1.82, 2.24) is 9.97 Å². The van der Waals surface area contributed by atoms with Crippen LogP contribution in [0.5, 0.6) is 5.75 Å². The summed E-state index contributed by atoms with van der Waals surface area (Å²) in [5, 5.41) is 2.86. The smallest absolute Gasteiger partial charge is 0.268 e. The fourth-order valence-corrected chi connectivity index (χ4v) is 3.70. The van der Waals surface area contributed by atoms with Crippen LogP contribution in [0.4, 0.5) is 5.69 Å². The second-order valence-corrected chi connectivity index (χ2v) is 6.79. The molecule has 0 saturated carbocycles. The van der Waals surface area contributed by atoms with Gasteiger partial charge in [0.25, 0.3) is 5.91 Å². The van der Waals surface area contributed by atoms with Crippen LogP contribution in [-0.4, -0.2) is 28.5 Å². The van der Waals surface area contributed by atoms with Crippen LogP contribution >= 0.6 is 11.3 Å². The molecule has 0 radical (unpaired) electrons. The summed E-state index contributed by atoms with van der Waals surface area (Å²) in [7, 11) is 0. The SMILES string of the molecule is C=CCN1C(=O)C(C)Oc2ccc(-c3csc(-c4ccccn4)n3)cc21. The molecule has 3 aromatic rings. The molecular weight excluding hydrogens is 346 g/mol.